The average molecular weight is 411 g/mol. The van der Waals surface area contributed by atoms with Gasteiger partial charge in [-0.15, -0.1) is 21.5 Å². The van der Waals surface area contributed by atoms with Crippen LogP contribution in [-0.4, -0.2) is 24.9 Å². The van der Waals surface area contributed by atoms with Crippen LogP contribution in [-0.2, 0) is 12.8 Å². The second-order valence-electron chi connectivity index (χ2n) is 7.47. The number of aryl methyl sites for hydroxylation is 1. The van der Waals surface area contributed by atoms with Gasteiger partial charge in [-0.05, 0) is 49.3 Å². The zero-order valence-electron chi connectivity index (χ0n) is 16.0. The normalized spacial score (nSPS) is 16.7. The number of hydrogen-bond acceptors (Lipinski definition) is 5. The molecule has 7 heteroatoms. The predicted molar refractivity (Wildman–Crippen MR) is 116 cm³/mol. The number of nitrogens with zero attached hydrogens (tertiary/aromatic N) is 4. The van der Waals surface area contributed by atoms with Gasteiger partial charge in [0.05, 0.1) is 11.1 Å². The molecular formula is C21H22N4OS2. The van der Waals surface area contributed by atoms with Crippen molar-refractivity contribution < 1.29 is 0 Å². The summed E-state index contributed by atoms with van der Waals surface area (Å²) < 4.78 is 3.84. The van der Waals surface area contributed by atoms with Gasteiger partial charge in [0.25, 0.3) is 5.56 Å². The molecular weight excluding hydrogens is 388 g/mol. The molecule has 0 amide bonds. The average Bonchev–Trinajstić information content (AvgIpc) is 3.28. The van der Waals surface area contributed by atoms with Crippen molar-refractivity contribution in [3.8, 4) is 5.69 Å². The third-order valence-electron chi connectivity index (χ3n) is 5.38. The Morgan fingerprint density at radius 1 is 1.25 bits per heavy atom. The van der Waals surface area contributed by atoms with Gasteiger partial charge in [-0.2, -0.15) is 0 Å². The van der Waals surface area contributed by atoms with E-state index < -0.39 is 0 Å². The quantitative estimate of drug-likeness (QED) is 0.457. The molecule has 0 unspecified atom stereocenters. The molecule has 5 rings (SSSR count). The monoisotopic (exact) mass is 410 g/mol. The summed E-state index contributed by atoms with van der Waals surface area (Å²) in [5.74, 6) is 2.26. The molecule has 0 aliphatic heterocycles. The van der Waals surface area contributed by atoms with Crippen LogP contribution in [0.15, 0.2) is 40.3 Å². The maximum absolute atomic E-state index is 13.7. The zero-order chi connectivity index (χ0) is 19.3. The Morgan fingerprint density at radius 3 is 2.86 bits per heavy atom. The van der Waals surface area contributed by atoms with Crippen molar-refractivity contribution in [2.45, 2.75) is 44.7 Å². The van der Waals surface area contributed by atoms with Crippen molar-refractivity contribution in [1.29, 1.82) is 0 Å². The lowest BCUT2D eigenvalue weighted by Gasteiger charge is -2.17. The fourth-order valence-electron chi connectivity index (χ4n) is 4.00. The number of fused-ring (bicyclic) bond motifs is 5. The Hall–Kier alpha value is -2.12. The van der Waals surface area contributed by atoms with E-state index in [0.29, 0.717) is 11.7 Å². The molecule has 1 atom stereocenters. The predicted octanol–water partition coefficient (Wildman–Crippen LogP) is 4.72. The summed E-state index contributed by atoms with van der Waals surface area (Å²) in [6.07, 6.45) is 4.24. The van der Waals surface area contributed by atoms with E-state index in [-0.39, 0.29) is 5.56 Å². The molecule has 3 heterocycles. The van der Waals surface area contributed by atoms with Crippen molar-refractivity contribution in [3.63, 3.8) is 0 Å². The molecule has 0 spiro atoms. The molecule has 5 nitrogen and oxygen atoms in total. The Kier molecular flexibility index (Phi) is 4.51. The minimum atomic E-state index is 0.0280. The molecule has 1 aliphatic rings. The van der Waals surface area contributed by atoms with E-state index in [9.17, 15) is 4.79 Å². The summed E-state index contributed by atoms with van der Waals surface area (Å²) in [5, 5.41) is 10.6. The fourth-order valence-corrected chi connectivity index (χ4v) is 6.34. The van der Waals surface area contributed by atoms with Crippen molar-refractivity contribution in [2.24, 2.45) is 5.92 Å². The van der Waals surface area contributed by atoms with Crippen LogP contribution in [0.25, 0.3) is 21.7 Å². The number of benzene rings is 1. The summed E-state index contributed by atoms with van der Waals surface area (Å²) in [7, 11) is 0. The Bertz CT molecular complexity index is 1220. The minimum absolute atomic E-state index is 0.0280. The largest absolute Gasteiger partial charge is 0.268 e. The van der Waals surface area contributed by atoms with Crippen LogP contribution in [0.5, 0.6) is 0 Å². The Morgan fingerprint density at radius 2 is 2.07 bits per heavy atom. The van der Waals surface area contributed by atoms with E-state index in [1.54, 1.807) is 27.7 Å². The van der Waals surface area contributed by atoms with E-state index >= 15 is 0 Å². The molecule has 0 N–H and O–H groups in total. The van der Waals surface area contributed by atoms with Crippen LogP contribution in [0, 0.1) is 5.92 Å². The van der Waals surface area contributed by atoms with Crippen LogP contribution in [0.4, 0.5) is 0 Å². The standard InChI is InChI=1S/C21H22N4OS2/c1-3-11-27-21-23-22-20-24(14-7-5-4-6-8-14)18(26)17-15-10-9-13(2)12-16(15)28-19(17)25(20)21/h4-8,13H,3,9-12H2,1-2H3/t13-/m1/s1. The topological polar surface area (TPSA) is 52.2 Å². The first-order valence-corrected chi connectivity index (χ1v) is 11.6. The van der Waals surface area contributed by atoms with E-state index in [1.165, 1.54) is 10.4 Å². The van der Waals surface area contributed by atoms with E-state index in [0.717, 1.165) is 52.5 Å². The van der Waals surface area contributed by atoms with Gasteiger partial charge in [-0.25, -0.2) is 8.97 Å². The first kappa shape index (κ1) is 17.9. The van der Waals surface area contributed by atoms with Crippen molar-refractivity contribution in [1.82, 2.24) is 19.2 Å². The third kappa shape index (κ3) is 2.71. The van der Waals surface area contributed by atoms with Crippen LogP contribution in [0.3, 0.4) is 0 Å². The lowest BCUT2D eigenvalue weighted by molar-refractivity contribution is 0.509. The lowest BCUT2D eigenvalue weighted by atomic mass is 9.89. The highest BCUT2D eigenvalue weighted by atomic mass is 32.2. The molecule has 144 valence electrons. The summed E-state index contributed by atoms with van der Waals surface area (Å²) in [6, 6.07) is 9.79. The summed E-state index contributed by atoms with van der Waals surface area (Å²) >= 11 is 3.47. The zero-order valence-corrected chi connectivity index (χ0v) is 17.6. The molecule has 28 heavy (non-hydrogen) atoms. The van der Waals surface area contributed by atoms with Crippen molar-refractivity contribution in [2.75, 3.05) is 5.75 Å². The van der Waals surface area contributed by atoms with Gasteiger partial charge < -0.3 is 0 Å². The second kappa shape index (κ2) is 7.04. The minimum Gasteiger partial charge on any atom is -0.268 e. The molecule has 0 radical (unpaired) electrons. The van der Waals surface area contributed by atoms with Crippen LogP contribution >= 0.6 is 23.1 Å². The van der Waals surface area contributed by atoms with E-state index in [4.69, 9.17) is 0 Å². The van der Waals surface area contributed by atoms with Crippen molar-refractivity contribution >= 4 is 39.1 Å². The number of thiophene rings is 1. The fraction of sp³-hybridized carbons (Fsp3) is 0.381. The third-order valence-corrected chi connectivity index (χ3v) is 7.75. The van der Waals surface area contributed by atoms with E-state index in [1.807, 2.05) is 30.3 Å². The molecule has 0 bridgehead atoms. The molecule has 1 aromatic carbocycles. The van der Waals surface area contributed by atoms with Gasteiger partial charge in [0.2, 0.25) is 5.78 Å². The maximum atomic E-state index is 13.7. The highest BCUT2D eigenvalue weighted by Gasteiger charge is 2.27. The molecule has 0 saturated carbocycles. The number of para-hydroxylation sites is 1. The van der Waals surface area contributed by atoms with Gasteiger partial charge >= 0.3 is 0 Å². The van der Waals surface area contributed by atoms with Crippen molar-refractivity contribution in [3.05, 3.63) is 51.1 Å². The number of aromatic nitrogens is 4. The molecule has 1 aliphatic carbocycles. The van der Waals surface area contributed by atoms with Gasteiger partial charge in [0.1, 0.15) is 4.83 Å². The summed E-state index contributed by atoms with van der Waals surface area (Å²) in [4.78, 5) is 16.0. The first-order valence-electron chi connectivity index (χ1n) is 9.81. The molecule has 0 fully saturated rings. The summed E-state index contributed by atoms with van der Waals surface area (Å²) in [6.45, 7) is 4.46. The lowest BCUT2D eigenvalue weighted by Crippen LogP contribution is -2.22. The second-order valence-corrected chi connectivity index (χ2v) is 9.62. The highest BCUT2D eigenvalue weighted by Crippen LogP contribution is 2.38. The number of hydrogen-bond donors (Lipinski definition) is 0. The molecule has 3 aromatic heterocycles. The van der Waals surface area contributed by atoms with Gasteiger partial charge in [-0.1, -0.05) is 43.8 Å². The van der Waals surface area contributed by atoms with Crippen LogP contribution < -0.4 is 5.56 Å². The Balaban J connectivity index is 1.90. The number of thioether (sulfide) groups is 1. The highest BCUT2D eigenvalue weighted by molar-refractivity contribution is 7.99. The van der Waals surface area contributed by atoms with Gasteiger partial charge in [0, 0.05) is 10.6 Å². The van der Waals surface area contributed by atoms with Gasteiger partial charge in [0.15, 0.2) is 5.16 Å². The van der Waals surface area contributed by atoms with E-state index in [2.05, 4.69) is 28.4 Å². The van der Waals surface area contributed by atoms with Crippen LogP contribution in [0.2, 0.25) is 0 Å². The molecule has 4 aromatic rings. The first-order chi connectivity index (χ1) is 13.7. The van der Waals surface area contributed by atoms with Crippen LogP contribution in [0.1, 0.15) is 37.1 Å². The van der Waals surface area contributed by atoms with Gasteiger partial charge in [-0.3, -0.25) is 4.79 Å². The smallest absolute Gasteiger partial charge is 0.268 e. The SMILES string of the molecule is CCCSc1nnc2n(-c3ccccc3)c(=O)c3c4c(sc3n12)C[C@H](C)CC4. The molecule has 0 saturated heterocycles. The Labute approximate surface area is 171 Å². The maximum Gasteiger partial charge on any atom is 0.268 e. The summed E-state index contributed by atoms with van der Waals surface area (Å²) in [5.41, 5.74) is 2.11. The number of rotatable bonds is 4.